The number of ether oxygens (including phenoxy) is 2. The summed E-state index contributed by atoms with van der Waals surface area (Å²) in [5.41, 5.74) is 1.56. The molecule has 0 aliphatic rings. The maximum absolute atomic E-state index is 9.38. The van der Waals surface area contributed by atoms with Crippen LogP contribution in [0.3, 0.4) is 0 Å². The molecule has 0 bridgehead atoms. The lowest BCUT2D eigenvalue weighted by Crippen LogP contribution is -2.01. The van der Waals surface area contributed by atoms with Crippen LogP contribution < -0.4 is 9.47 Å². The topological polar surface area (TPSA) is 51.6 Å². The number of halogens is 1. The van der Waals surface area contributed by atoms with Gasteiger partial charge in [0.2, 0.25) is 0 Å². The SMILES string of the molecule is CCCOc1ccc(CO)c(OCc2ccncc2Cl)c1. The van der Waals surface area contributed by atoms with Gasteiger partial charge in [0, 0.05) is 29.6 Å². The molecule has 1 heterocycles. The first-order chi connectivity index (χ1) is 10.2. The highest BCUT2D eigenvalue weighted by molar-refractivity contribution is 6.31. The van der Waals surface area contributed by atoms with Crippen LogP contribution in [0.25, 0.3) is 0 Å². The van der Waals surface area contributed by atoms with Crippen LogP contribution >= 0.6 is 11.6 Å². The third kappa shape index (κ3) is 4.34. The minimum atomic E-state index is -0.0898. The zero-order chi connectivity index (χ0) is 15.1. The third-order valence-electron chi connectivity index (χ3n) is 2.92. The second-order valence-electron chi connectivity index (χ2n) is 4.53. The lowest BCUT2D eigenvalue weighted by Gasteiger charge is -2.13. The molecule has 112 valence electrons. The average Bonchev–Trinajstić information content (AvgIpc) is 2.52. The summed E-state index contributed by atoms with van der Waals surface area (Å²) in [6, 6.07) is 7.22. The van der Waals surface area contributed by atoms with Crippen molar-refractivity contribution in [1.82, 2.24) is 4.98 Å². The maximum Gasteiger partial charge on any atom is 0.129 e. The average molecular weight is 308 g/mol. The largest absolute Gasteiger partial charge is 0.493 e. The molecule has 2 rings (SSSR count). The van der Waals surface area contributed by atoms with Gasteiger partial charge in [-0.3, -0.25) is 4.98 Å². The summed E-state index contributed by atoms with van der Waals surface area (Å²) in [4.78, 5) is 3.93. The molecule has 0 saturated carbocycles. The highest BCUT2D eigenvalue weighted by Gasteiger charge is 2.07. The third-order valence-corrected chi connectivity index (χ3v) is 3.26. The number of aliphatic hydroxyl groups excluding tert-OH is 1. The first-order valence-electron chi connectivity index (χ1n) is 6.82. The minimum Gasteiger partial charge on any atom is -0.493 e. The van der Waals surface area contributed by atoms with Gasteiger partial charge in [-0.05, 0) is 24.6 Å². The Bertz CT molecular complexity index is 589. The van der Waals surface area contributed by atoms with Gasteiger partial charge in [0.15, 0.2) is 0 Å². The van der Waals surface area contributed by atoms with Crippen molar-refractivity contribution in [2.45, 2.75) is 26.6 Å². The van der Waals surface area contributed by atoms with E-state index in [-0.39, 0.29) is 6.61 Å². The van der Waals surface area contributed by atoms with Crippen LogP contribution in [0, 0.1) is 0 Å². The number of hydrogen-bond acceptors (Lipinski definition) is 4. The monoisotopic (exact) mass is 307 g/mol. The van der Waals surface area contributed by atoms with Crippen LogP contribution in [-0.2, 0) is 13.2 Å². The standard InChI is InChI=1S/C16H18ClNO3/c1-2-7-20-14-4-3-12(10-19)16(8-14)21-11-13-5-6-18-9-15(13)17/h3-6,8-9,19H,2,7,10-11H2,1H3. The first-order valence-corrected chi connectivity index (χ1v) is 7.20. The van der Waals surface area contributed by atoms with Crippen molar-refractivity contribution in [1.29, 1.82) is 0 Å². The molecule has 0 fully saturated rings. The van der Waals surface area contributed by atoms with Gasteiger partial charge in [-0.2, -0.15) is 0 Å². The van der Waals surface area contributed by atoms with Crippen molar-refractivity contribution in [2.75, 3.05) is 6.61 Å². The molecular formula is C16H18ClNO3. The molecule has 0 atom stereocenters. The van der Waals surface area contributed by atoms with Crippen molar-refractivity contribution in [3.05, 3.63) is 52.8 Å². The first kappa shape index (κ1) is 15.6. The van der Waals surface area contributed by atoms with E-state index in [0.29, 0.717) is 29.5 Å². The molecule has 0 aliphatic heterocycles. The summed E-state index contributed by atoms with van der Waals surface area (Å²) in [5.74, 6) is 1.32. The fourth-order valence-corrected chi connectivity index (χ4v) is 1.96. The van der Waals surface area contributed by atoms with Crippen molar-refractivity contribution >= 4 is 11.6 Å². The Morgan fingerprint density at radius 1 is 1.19 bits per heavy atom. The van der Waals surface area contributed by atoms with E-state index >= 15 is 0 Å². The summed E-state index contributed by atoms with van der Waals surface area (Å²) >= 11 is 6.05. The number of nitrogens with zero attached hydrogens (tertiary/aromatic N) is 1. The Morgan fingerprint density at radius 3 is 2.76 bits per heavy atom. The number of hydrogen-bond donors (Lipinski definition) is 1. The van der Waals surface area contributed by atoms with Gasteiger partial charge in [0.25, 0.3) is 0 Å². The van der Waals surface area contributed by atoms with Crippen LogP contribution in [0.1, 0.15) is 24.5 Å². The van der Waals surface area contributed by atoms with Gasteiger partial charge in [0.05, 0.1) is 18.2 Å². The highest BCUT2D eigenvalue weighted by Crippen LogP contribution is 2.27. The van der Waals surface area contributed by atoms with Crippen molar-refractivity contribution in [3.63, 3.8) is 0 Å². The molecular weight excluding hydrogens is 290 g/mol. The molecule has 0 unspecified atom stereocenters. The molecule has 0 saturated heterocycles. The Labute approximate surface area is 129 Å². The minimum absolute atomic E-state index is 0.0898. The van der Waals surface area contributed by atoms with Gasteiger partial charge in [-0.1, -0.05) is 18.5 Å². The van der Waals surface area contributed by atoms with Crippen LogP contribution in [0.4, 0.5) is 0 Å². The van der Waals surface area contributed by atoms with Gasteiger partial charge >= 0.3 is 0 Å². The normalized spacial score (nSPS) is 10.4. The van der Waals surface area contributed by atoms with Crippen molar-refractivity contribution < 1.29 is 14.6 Å². The lowest BCUT2D eigenvalue weighted by molar-refractivity contribution is 0.256. The molecule has 1 aromatic carbocycles. The molecule has 4 nitrogen and oxygen atoms in total. The number of pyridine rings is 1. The van der Waals surface area contributed by atoms with E-state index in [1.807, 2.05) is 13.0 Å². The predicted octanol–water partition coefficient (Wildman–Crippen LogP) is 3.60. The fourth-order valence-electron chi connectivity index (χ4n) is 1.79. The number of rotatable bonds is 7. The Kier molecular flexibility index (Phi) is 5.84. The molecule has 21 heavy (non-hydrogen) atoms. The Balaban J connectivity index is 2.12. The van der Waals surface area contributed by atoms with Gasteiger partial charge < -0.3 is 14.6 Å². The van der Waals surface area contributed by atoms with Crippen LogP contribution in [0.2, 0.25) is 5.02 Å². The predicted molar refractivity (Wildman–Crippen MR) is 81.7 cm³/mol. The second kappa shape index (κ2) is 7.86. The van der Waals surface area contributed by atoms with E-state index in [4.69, 9.17) is 21.1 Å². The summed E-state index contributed by atoms with van der Waals surface area (Å²) in [6.45, 7) is 2.91. The fraction of sp³-hybridized carbons (Fsp3) is 0.312. The van der Waals surface area contributed by atoms with E-state index in [9.17, 15) is 5.11 Å². The molecule has 1 N–H and O–H groups in total. The van der Waals surface area contributed by atoms with Crippen LogP contribution in [0.15, 0.2) is 36.7 Å². The highest BCUT2D eigenvalue weighted by atomic mass is 35.5. The van der Waals surface area contributed by atoms with E-state index in [1.54, 1.807) is 30.6 Å². The second-order valence-corrected chi connectivity index (χ2v) is 4.94. The molecule has 2 aromatic rings. The van der Waals surface area contributed by atoms with E-state index < -0.39 is 0 Å². The summed E-state index contributed by atoms with van der Waals surface area (Å²) < 4.78 is 11.3. The molecule has 0 spiro atoms. The van der Waals surface area contributed by atoms with E-state index in [2.05, 4.69) is 4.98 Å². The summed E-state index contributed by atoms with van der Waals surface area (Å²) in [6.07, 6.45) is 4.18. The maximum atomic E-state index is 9.38. The van der Waals surface area contributed by atoms with Crippen LogP contribution in [-0.4, -0.2) is 16.7 Å². The van der Waals surface area contributed by atoms with Gasteiger partial charge in [-0.15, -0.1) is 0 Å². The zero-order valence-electron chi connectivity index (χ0n) is 11.9. The molecule has 0 aliphatic carbocycles. The zero-order valence-corrected chi connectivity index (χ0v) is 12.6. The number of aliphatic hydroxyl groups is 1. The molecule has 0 amide bonds. The molecule has 0 radical (unpaired) electrons. The van der Waals surface area contributed by atoms with Gasteiger partial charge in [-0.25, -0.2) is 0 Å². The van der Waals surface area contributed by atoms with Crippen LogP contribution in [0.5, 0.6) is 11.5 Å². The van der Waals surface area contributed by atoms with E-state index in [0.717, 1.165) is 17.7 Å². The Hall–Kier alpha value is -1.78. The lowest BCUT2D eigenvalue weighted by atomic mass is 10.2. The molecule has 5 heteroatoms. The summed E-state index contributed by atoms with van der Waals surface area (Å²) in [5, 5.41) is 9.94. The number of benzene rings is 1. The van der Waals surface area contributed by atoms with Crippen molar-refractivity contribution in [3.8, 4) is 11.5 Å². The van der Waals surface area contributed by atoms with E-state index in [1.165, 1.54) is 0 Å². The van der Waals surface area contributed by atoms with Crippen molar-refractivity contribution in [2.24, 2.45) is 0 Å². The van der Waals surface area contributed by atoms with Gasteiger partial charge in [0.1, 0.15) is 18.1 Å². The Morgan fingerprint density at radius 2 is 2.05 bits per heavy atom. The number of aromatic nitrogens is 1. The quantitative estimate of drug-likeness (QED) is 0.849. The summed E-state index contributed by atoms with van der Waals surface area (Å²) in [7, 11) is 0. The smallest absolute Gasteiger partial charge is 0.129 e. The molecule has 1 aromatic heterocycles.